The van der Waals surface area contributed by atoms with Crippen molar-refractivity contribution in [1.29, 1.82) is 0 Å². The Labute approximate surface area is 131 Å². The summed E-state index contributed by atoms with van der Waals surface area (Å²) in [6.07, 6.45) is 3.13. The lowest BCUT2D eigenvalue weighted by molar-refractivity contribution is 0.395. The average molecular weight is 411 g/mol. The molecule has 0 aromatic heterocycles. The Morgan fingerprint density at radius 1 is 1.32 bits per heavy atom. The molecule has 0 heterocycles. The molecule has 0 atom stereocenters. The average Bonchev–Trinajstić information content (AvgIpc) is 3.11. The van der Waals surface area contributed by atoms with Crippen molar-refractivity contribution < 1.29 is 8.42 Å². The highest BCUT2D eigenvalue weighted by Gasteiger charge is 2.32. The fourth-order valence-electron chi connectivity index (χ4n) is 1.97. The van der Waals surface area contributed by atoms with E-state index in [0.717, 1.165) is 23.7 Å². The lowest BCUT2D eigenvalue weighted by Gasteiger charge is -2.22. The molecule has 1 fully saturated rings. The smallest absolute Gasteiger partial charge is 0.207 e. The predicted octanol–water partition coefficient (Wildman–Crippen LogP) is 4.02. The summed E-state index contributed by atoms with van der Waals surface area (Å²) in [5.41, 5.74) is 0. The Hall–Kier alpha value is 0.0900. The van der Waals surface area contributed by atoms with Crippen LogP contribution in [0, 0.1) is 5.92 Å². The lowest BCUT2D eigenvalue weighted by Crippen LogP contribution is -2.33. The topological polar surface area (TPSA) is 37.4 Å². The molecule has 0 amide bonds. The van der Waals surface area contributed by atoms with E-state index in [-0.39, 0.29) is 0 Å². The molecule has 1 aliphatic carbocycles. The van der Waals surface area contributed by atoms with Crippen LogP contribution in [0.25, 0.3) is 0 Å². The largest absolute Gasteiger partial charge is 0.244 e. The molecule has 0 aliphatic heterocycles. The number of halogens is 2. The zero-order chi connectivity index (χ0) is 14.0. The molecule has 1 aliphatic rings. The van der Waals surface area contributed by atoms with E-state index in [4.69, 9.17) is 0 Å². The molecule has 6 heteroatoms. The summed E-state index contributed by atoms with van der Waals surface area (Å²) in [7, 11) is -3.40. The zero-order valence-electron chi connectivity index (χ0n) is 10.8. The van der Waals surface area contributed by atoms with Gasteiger partial charge >= 0.3 is 0 Å². The van der Waals surface area contributed by atoms with Gasteiger partial charge in [-0.15, -0.1) is 0 Å². The molecule has 1 aromatic carbocycles. The Kier molecular flexibility index (Phi) is 5.09. The van der Waals surface area contributed by atoms with Crippen molar-refractivity contribution in [2.45, 2.75) is 31.1 Å². The third-order valence-corrected chi connectivity index (χ3v) is 6.48. The third-order valence-electron chi connectivity index (χ3n) is 3.14. The Morgan fingerprint density at radius 2 is 2.00 bits per heavy atom. The molecule has 2 rings (SSSR count). The molecule has 0 N–H and O–H groups in total. The van der Waals surface area contributed by atoms with Crippen molar-refractivity contribution in [3.63, 3.8) is 0 Å². The van der Waals surface area contributed by atoms with Gasteiger partial charge in [-0.2, -0.15) is 4.31 Å². The van der Waals surface area contributed by atoms with Crippen LogP contribution >= 0.6 is 31.9 Å². The maximum atomic E-state index is 12.7. The van der Waals surface area contributed by atoms with Crippen molar-refractivity contribution in [3.05, 3.63) is 27.1 Å². The summed E-state index contributed by atoms with van der Waals surface area (Å²) in [4.78, 5) is 0.352. The van der Waals surface area contributed by atoms with Crippen LogP contribution < -0.4 is 0 Å². The van der Waals surface area contributed by atoms with Crippen LogP contribution in [0.1, 0.15) is 26.2 Å². The maximum Gasteiger partial charge on any atom is 0.244 e. The van der Waals surface area contributed by atoms with Crippen molar-refractivity contribution in [2.24, 2.45) is 5.92 Å². The Bertz CT molecular complexity index is 556. The van der Waals surface area contributed by atoms with Crippen LogP contribution in [0.2, 0.25) is 0 Å². The van der Waals surface area contributed by atoms with Crippen molar-refractivity contribution in [2.75, 3.05) is 13.1 Å². The number of hydrogen-bond donors (Lipinski definition) is 0. The summed E-state index contributed by atoms with van der Waals surface area (Å²) in [6, 6.07) is 5.19. The van der Waals surface area contributed by atoms with Crippen LogP contribution in [0.4, 0.5) is 0 Å². The monoisotopic (exact) mass is 409 g/mol. The van der Waals surface area contributed by atoms with E-state index in [0.29, 0.717) is 28.4 Å². The molecule has 0 bridgehead atoms. The summed E-state index contributed by atoms with van der Waals surface area (Å²) >= 11 is 6.69. The van der Waals surface area contributed by atoms with E-state index in [9.17, 15) is 8.42 Å². The zero-order valence-corrected chi connectivity index (χ0v) is 14.8. The molecule has 0 unspecified atom stereocenters. The fraction of sp³-hybridized carbons (Fsp3) is 0.538. The minimum Gasteiger partial charge on any atom is -0.207 e. The normalized spacial score (nSPS) is 16.0. The minimum atomic E-state index is -3.40. The van der Waals surface area contributed by atoms with Gasteiger partial charge in [0.15, 0.2) is 0 Å². The van der Waals surface area contributed by atoms with E-state index < -0.39 is 10.0 Å². The van der Waals surface area contributed by atoms with Crippen molar-refractivity contribution in [1.82, 2.24) is 4.31 Å². The number of benzene rings is 1. The van der Waals surface area contributed by atoms with Gasteiger partial charge < -0.3 is 0 Å². The maximum absolute atomic E-state index is 12.7. The summed E-state index contributed by atoms with van der Waals surface area (Å²) < 4.78 is 28.5. The minimum absolute atomic E-state index is 0.352. The first kappa shape index (κ1) is 15.5. The van der Waals surface area contributed by atoms with Gasteiger partial charge in [0.2, 0.25) is 10.0 Å². The predicted molar refractivity (Wildman–Crippen MR) is 83.6 cm³/mol. The van der Waals surface area contributed by atoms with Gasteiger partial charge in [0.05, 0.1) is 4.90 Å². The Morgan fingerprint density at radius 3 is 2.53 bits per heavy atom. The second-order valence-corrected chi connectivity index (χ2v) is 8.56. The van der Waals surface area contributed by atoms with E-state index in [1.165, 1.54) is 0 Å². The van der Waals surface area contributed by atoms with Crippen LogP contribution in [0.15, 0.2) is 32.0 Å². The summed E-state index contributed by atoms with van der Waals surface area (Å²) in [5, 5.41) is 0. The van der Waals surface area contributed by atoms with Crippen molar-refractivity contribution >= 4 is 41.9 Å². The SMILES string of the molecule is CCCN(CC1CC1)S(=O)(=O)c1ccc(Br)cc1Br. The second kappa shape index (κ2) is 6.24. The van der Waals surface area contributed by atoms with Crippen molar-refractivity contribution in [3.8, 4) is 0 Å². The first-order chi connectivity index (χ1) is 8.95. The number of hydrogen-bond acceptors (Lipinski definition) is 2. The highest BCUT2D eigenvalue weighted by molar-refractivity contribution is 9.11. The van der Waals surface area contributed by atoms with Gasteiger partial charge in [-0.3, -0.25) is 0 Å². The van der Waals surface area contributed by atoms with Crippen LogP contribution in [0.5, 0.6) is 0 Å². The molecule has 1 aromatic rings. The number of sulfonamides is 1. The van der Waals surface area contributed by atoms with Crippen LogP contribution in [0.3, 0.4) is 0 Å². The van der Waals surface area contributed by atoms with E-state index >= 15 is 0 Å². The molecule has 0 saturated heterocycles. The number of rotatable bonds is 6. The van der Waals surface area contributed by atoms with Gasteiger partial charge in [0.1, 0.15) is 0 Å². The quantitative estimate of drug-likeness (QED) is 0.710. The van der Waals surface area contributed by atoms with E-state index in [1.807, 2.05) is 6.92 Å². The molecule has 3 nitrogen and oxygen atoms in total. The van der Waals surface area contributed by atoms with Crippen LogP contribution in [-0.2, 0) is 10.0 Å². The van der Waals surface area contributed by atoms with Gasteiger partial charge in [-0.25, -0.2) is 8.42 Å². The van der Waals surface area contributed by atoms with Gasteiger partial charge in [0.25, 0.3) is 0 Å². The third kappa shape index (κ3) is 3.80. The van der Waals surface area contributed by atoms with Gasteiger partial charge in [-0.1, -0.05) is 22.9 Å². The standard InChI is InChI=1S/C13H17Br2NO2S/c1-2-7-16(9-10-3-4-10)19(17,18)13-6-5-11(14)8-12(13)15/h5-6,8,10H,2-4,7,9H2,1H3. The van der Waals surface area contributed by atoms with E-state index in [1.54, 1.807) is 22.5 Å². The molecular formula is C13H17Br2NO2S. The molecule has 1 saturated carbocycles. The molecule has 0 spiro atoms. The summed E-state index contributed by atoms with van der Waals surface area (Å²) in [6.45, 7) is 3.24. The Balaban J connectivity index is 2.31. The van der Waals surface area contributed by atoms with Crippen LogP contribution in [-0.4, -0.2) is 25.8 Å². The number of nitrogens with zero attached hydrogens (tertiary/aromatic N) is 1. The molecular weight excluding hydrogens is 394 g/mol. The first-order valence-electron chi connectivity index (χ1n) is 6.40. The molecule has 0 radical (unpaired) electrons. The van der Waals surface area contributed by atoms with Gasteiger partial charge in [-0.05, 0) is 59.3 Å². The molecule has 106 valence electrons. The fourth-order valence-corrected chi connectivity index (χ4v) is 5.29. The second-order valence-electron chi connectivity index (χ2n) is 4.88. The van der Waals surface area contributed by atoms with Gasteiger partial charge in [0, 0.05) is 22.0 Å². The summed E-state index contributed by atoms with van der Waals surface area (Å²) in [5.74, 6) is 0.551. The first-order valence-corrected chi connectivity index (χ1v) is 9.43. The van der Waals surface area contributed by atoms with E-state index in [2.05, 4.69) is 31.9 Å². The highest BCUT2D eigenvalue weighted by atomic mass is 79.9. The molecule has 19 heavy (non-hydrogen) atoms. The highest BCUT2D eigenvalue weighted by Crippen LogP contribution is 2.33. The lowest BCUT2D eigenvalue weighted by atomic mass is 10.4.